The molecule has 7 nitrogen and oxygen atoms in total. The van der Waals surface area contributed by atoms with E-state index in [-0.39, 0.29) is 29.7 Å². The van der Waals surface area contributed by atoms with Gasteiger partial charge in [-0.1, -0.05) is 54.6 Å². The molecule has 0 saturated carbocycles. The molecule has 1 aliphatic carbocycles. The van der Waals surface area contributed by atoms with Crippen LogP contribution in [-0.4, -0.2) is 40.9 Å². The van der Waals surface area contributed by atoms with E-state index in [9.17, 15) is 19.5 Å². The van der Waals surface area contributed by atoms with Gasteiger partial charge in [0.25, 0.3) is 0 Å². The standard InChI is InChI=1S/C26H23NO6/c1-15(12-16-10-11-21(24(28)29)22(13-16)25(30)31)27-26(32)33-14-23-19-8-4-2-6-17(19)18-7-3-5-9-20(18)23/h2-11,13,15,23H,12,14H2,1H3,(H,27,32)(H,28,29)(H,30,31). The van der Waals surface area contributed by atoms with E-state index in [2.05, 4.69) is 17.4 Å². The Balaban J connectivity index is 1.39. The number of benzene rings is 3. The van der Waals surface area contributed by atoms with Crippen molar-refractivity contribution in [2.75, 3.05) is 6.61 Å². The van der Waals surface area contributed by atoms with Gasteiger partial charge in [0.05, 0.1) is 11.1 Å². The van der Waals surface area contributed by atoms with Gasteiger partial charge in [-0.05, 0) is 53.3 Å². The second-order valence-electron chi connectivity index (χ2n) is 8.07. The fraction of sp³-hybridized carbons (Fsp3) is 0.192. The van der Waals surface area contributed by atoms with Gasteiger partial charge in [-0.15, -0.1) is 0 Å². The van der Waals surface area contributed by atoms with E-state index in [1.165, 1.54) is 12.1 Å². The molecule has 1 atom stereocenters. The van der Waals surface area contributed by atoms with Crippen molar-refractivity contribution in [3.05, 3.63) is 94.5 Å². The number of fused-ring (bicyclic) bond motifs is 3. The zero-order valence-corrected chi connectivity index (χ0v) is 17.9. The third-order valence-corrected chi connectivity index (χ3v) is 5.79. The van der Waals surface area contributed by atoms with Crippen LogP contribution in [0.15, 0.2) is 66.7 Å². The second kappa shape index (κ2) is 9.16. The fourth-order valence-electron chi connectivity index (χ4n) is 4.33. The van der Waals surface area contributed by atoms with Crippen molar-refractivity contribution in [1.29, 1.82) is 0 Å². The minimum Gasteiger partial charge on any atom is -0.478 e. The van der Waals surface area contributed by atoms with Gasteiger partial charge in [0.1, 0.15) is 6.61 Å². The Bertz CT molecular complexity index is 1190. The van der Waals surface area contributed by atoms with E-state index in [0.717, 1.165) is 22.3 Å². The van der Waals surface area contributed by atoms with Gasteiger partial charge >= 0.3 is 18.0 Å². The summed E-state index contributed by atoms with van der Waals surface area (Å²) < 4.78 is 5.54. The third kappa shape index (κ3) is 4.57. The van der Waals surface area contributed by atoms with Crippen LogP contribution >= 0.6 is 0 Å². The maximum Gasteiger partial charge on any atom is 0.407 e. The number of hydrogen-bond donors (Lipinski definition) is 3. The highest BCUT2D eigenvalue weighted by atomic mass is 16.5. The summed E-state index contributed by atoms with van der Waals surface area (Å²) in [7, 11) is 0. The van der Waals surface area contributed by atoms with Gasteiger partial charge in [0, 0.05) is 12.0 Å². The zero-order valence-electron chi connectivity index (χ0n) is 17.9. The van der Waals surface area contributed by atoms with Crippen molar-refractivity contribution in [3.8, 4) is 11.1 Å². The summed E-state index contributed by atoms with van der Waals surface area (Å²) >= 11 is 0. The molecule has 33 heavy (non-hydrogen) atoms. The lowest BCUT2D eigenvalue weighted by molar-refractivity contribution is 0.0651. The van der Waals surface area contributed by atoms with Crippen LogP contribution in [-0.2, 0) is 11.2 Å². The van der Waals surface area contributed by atoms with Crippen LogP contribution in [0.1, 0.15) is 50.2 Å². The maximum absolute atomic E-state index is 12.4. The number of carbonyl (C=O) groups is 3. The molecule has 0 aliphatic heterocycles. The number of amides is 1. The quantitative estimate of drug-likeness (QED) is 0.492. The molecule has 0 spiro atoms. The first kappa shape index (κ1) is 22.1. The number of ether oxygens (including phenoxy) is 1. The molecule has 3 aromatic rings. The number of hydrogen-bond acceptors (Lipinski definition) is 4. The second-order valence-corrected chi connectivity index (χ2v) is 8.07. The lowest BCUT2D eigenvalue weighted by Crippen LogP contribution is -2.35. The number of alkyl carbamates (subject to hydrolysis) is 1. The highest BCUT2D eigenvalue weighted by Gasteiger charge is 2.29. The van der Waals surface area contributed by atoms with Crippen LogP contribution < -0.4 is 5.32 Å². The summed E-state index contributed by atoms with van der Waals surface area (Å²) in [6, 6.07) is 19.9. The molecule has 1 unspecified atom stereocenters. The lowest BCUT2D eigenvalue weighted by atomic mass is 9.98. The lowest BCUT2D eigenvalue weighted by Gasteiger charge is -2.17. The smallest absolute Gasteiger partial charge is 0.407 e. The van der Waals surface area contributed by atoms with E-state index in [4.69, 9.17) is 9.84 Å². The van der Waals surface area contributed by atoms with Crippen molar-refractivity contribution >= 4 is 18.0 Å². The van der Waals surface area contributed by atoms with E-state index >= 15 is 0 Å². The number of carboxylic acid groups (broad SMARTS) is 2. The summed E-state index contributed by atoms with van der Waals surface area (Å²) in [4.78, 5) is 35.0. The first-order valence-electron chi connectivity index (χ1n) is 10.6. The van der Waals surface area contributed by atoms with Gasteiger partial charge in [0.2, 0.25) is 0 Å². The molecule has 0 heterocycles. The molecular formula is C26H23NO6. The average molecular weight is 445 g/mol. The number of nitrogens with one attached hydrogen (secondary N) is 1. The van der Waals surface area contributed by atoms with Crippen LogP contribution in [0.2, 0.25) is 0 Å². The van der Waals surface area contributed by atoms with Crippen LogP contribution in [0.4, 0.5) is 4.79 Å². The molecule has 3 N–H and O–H groups in total. The van der Waals surface area contributed by atoms with Crippen molar-refractivity contribution in [2.45, 2.75) is 25.3 Å². The third-order valence-electron chi connectivity index (χ3n) is 5.79. The maximum atomic E-state index is 12.4. The molecule has 1 aliphatic rings. The predicted octanol–water partition coefficient (Wildman–Crippen LogP) is 4.55. The van der Waals surface area contributed by atoms with E-state index in [0.29, 0.717) is 12.0 Å². The first-order valence-corrected chi connectivity index (χ1v) is 10.6. The highest BCUT2D eigenvalue weighted by Crippen LogP contribution is 2.44. The van der Waals surface area contributed by atoms with Crippen LogP contribution in [0, 0.1) is 0 Å². The van der Waals surface area contributed by atoms with Gasteiger partial charge < -0.3 is 20.3 Å². The molecule has 0 fully saturated rings. The Hall–Kier alpha value is -4.13. The fourth-order valence-corrected chi connectivity index (χ4v) is 4.33. The van der Waals surface area contributed by atoms with Gasteiger partial charge in [-0.25, -0.2) is 14.4 Å². The van der Waals surface area contributed by atoms with Gasteiger partial charge in [-0.3, -0.25) is 0 Å². The number of carbonyl (C=O) groups excluding carboxylic acids is 1. The number of carboxylic acids is 2. The van der Waals surface area contributed by atoms with Gasteiger partial charge in [0.15, 0.2) is 0 Å². The normalized spacial score (nSPS) is 13.0. The van der Waals surface area contributed by atoms with E-state index < -0.39 is 18.0 Å². The molecule has 7 heteroatoms. The number of aromatic carboxylic acids is 2. The highest BCUT2D eigenvalue weighted by molar-refractivity contribution is 6.01. The van der Waals surface area contributed by atoms with Crippen molar-refractivity contribution in [1.82, 2.24) is 5.32 Å². The molecule has 0 radical (unpaired) electrons. The molecule has 4 rings (SSSR count). The summed E-state index contributed by atoms with van der Waals surface area (Å²) in [6.07, 6.45) is -0.241. The molecule has 1 amide bonds. The van der Waals surface area contributed by atoms with E-state index in [1.807, 2.05) is 36.4 Å². The zero-order chi connectivity index (χ0) is 23.5. The minimum atomic E-state index is -1.31. The predicted molar refractivity (Wildman–Crippen MR) is 122 cm³/mol. The van der Waals surface area contributed by atoms with Gasteiger partial charge in [-0.2, -0.15) is 0 Å². The Labute approximate surface area is 190 Å². The Morgan fingerprint density at radius 3 is 2.03 bits per heavy atom. The summed E-state index contributed by atoms with van der Waals surface area (Å²) in [5.41, 5.74) is 4.59. The molecule has 0 aromatic heterocycles. The topological polar surface area (TPSA) is 113 Å². The van der Waals surface area contributed by atoms with Crippen LogP contribution in [0.5, 0.6) is 0 Å². The minimum absolute atomic E-state index is 0.0415. The molecule has 0 saturated heterocycles. The molecule has 0 bridgehead atoms. The summed E-state index contributed by atoms with van der Waals surface area (Å²) in [5, 5.41) is 21.2. The summed E-state index contributed by atoms with van der Waals surface area (Å²) in [5.74, 6) is -2.66. The Kier molecular flexibility index (Phi) is 6.13. The van der Waals surface area contributed by atoms with Crippen molar-refractivity contribution in [2.24, 2.45) is 0 Å². The van der Waals surface area contributed by atoms with Crippen molar-refractivity contribution in [3.63, 3.8) is 0 Å². The SMILES string of the molecule is CC(Cc1ccc(C(=O)O)c(C(=O)O)c1)NC(=O)OCC1c2ccccc2-c2ccccc21. The Morgan fingerprint density at radius 1 is 0.879 bits per heavy atom. The number of rotatable bonds is 7. The monoisotopic (exact) mass is 445 g/mol. The molecular weight excluding hydrogens is 422 g/mol. The van der Waals surface area contributed by atoms with Crippen molar-refractivity contribution < 1.29 is 29.3 Å². The first-order chi connectivity index (χ1) is 15.8. The van der Waals surface area contributed by atoms with E-state index in [1.54, 1.807) is 13.0 Å². The summed E-state index contributed by atoms with van der Waals surface area (Å²) in [6.45, 7) is 1.97. The largest absolute Gasteiger partial charge is 0.478 e. The van der Waals surface area contributed by atoms with Crippen LogP contribution in [0.25, 0.3) is 11.1 Å². The van der Waals surface area contributed by atoms with Crippen LogP contribution in [0.3, 0.4) is 0 Å². The molecule has 3 aromatic carbocycles. The Morgan fingerprint density at radius 2 is 1.45 bits per heavy atom. The average Bonchev–Trinajstić information content (AvgIpc) is 3.11. The molecule has 168 valence electrons.